The normalized spacial score (nSPS) is 10.0. The van der Waals surface area contributed by atoms with E-state index < -0.39 is 11.9 Å². The van der Waals surface area contributed by atoms with Gasteiger partial charge in [0.15, 0.2) is 0 Å². The highest BCUT2D eigenvalue weighted by Gasteiger charge is 2.24. The second-order valence-electron chi connectivity index (χ2n) is 4.45. The summed E-state index contributed by atoms with van der Waals surface area (Å²) >= 11 is 4.14. The predicted octanol–water partition coefficient (Wildman–Crippen LogP) is 2.89. The number of hydrogen-bond donors (Lipinski definition) is 1. The number of nitrogens with zero attached hydrogens (tertiary/aromatic N) is 2. The summed E-state index contributed by atoms with van der Waals surface area (Å²) in [6.45, 7) is 1.58. The van der Waals surface area contributed by atoms with Crippen LogP contribution in [0.1, 0.15) is 38.1 Å². The third kappa shape index (κ3) is 3.90. The summed E-state index contributed by atoms with van der Waals surface area (Å²) in [5.74, 6) is -1.24. The van der Waals surface area contributed by atoms with Gasteiger partial charge in [0.1, 0.15) is 22.6 Å². The van der Waals surface area contributed by atoms with Crippen LogP contribution in [0.4, 0.5) is 5.00 Å². The lowest BCUT2D eigenvalue weighted by Gasteiger charge is -2.06. The number of pyridine rings is 1. The second-order valence-corrected chi connectivity index (χ2v) is 6.42. The van der Waals surface area contributed by atoms with E-state index in [9.17, 15) is 14.9 Å². The van der Waals surface area contributed by atoms with E-state index in [0.29, 0.717) is 4.47 Å². The van der Waals surface area contributed by atoms with Crippen LogP contribution in [0.5, 0.6) is 0 Å². The monoisotopic (exact) mass is 409 g/mol. The first kappa shape index (κ1) is 17.9. The number of nitrogens with two attached hydrogens (primary N) is 1. The molecular formula is C15H12BrN3O4S. The minimum atomic E-state index is -0.632. The molecule has 0 aliphatic rings. The van der Waals surface area contributed by atoms with Gasteiger partial charge in [-0.15, -0.1) is 11.3 Å². The Kier molecular flexibility index (Phi) is 5.89. The zero-order valence-corrected chi connectivity index (χ0v) is 14.9. The van der Waals surface area contributed by atoms with Crippen molar-refractivity contribution in [1.82, 2.24) is 4.98 Å². The van der Waals surface area contributed by atoms with Crippen molar-refractivity contribution in [1.29, 1.82) is 5.26 Å². The van der Waals surface area contributed by atoms with E-state index in [1.54, 1.807) is 13.0 Å². The smallest absolute Gasteiger partial charge is 0.348 e. The number of nitriles is 1. The van der Waals surface area contributed by atoms with E-state index in [0.717, 1.165) is 11.3 Å². The van der Waals surface area contributed by atoms with Gasteiger partial charge < -0.3 is 15.2 Å². The first-order valence-electron chi connectivity index (χ1n) is 6.74. The Morgan fingerprint density at radius 2 is 2.12 bits per heavy atom. The molecule has 0 saturated heterocycles. The largest absolute Gasteiger partial charge is 0.462 e. The number of carbonyl (C=O) groups is 2. The van der Waals surface area contributed by atoms with Gasteiger partial charge in [-0.1, -0.05) is 0 Å². The van der Waals surface area contributed by atoms with Crippen molar-refractivity contribution in [2.75, 3.05) is 12.3 Å². The average Bonchev–Trinajstić information content (AvgIpc) is 2.88. The molecule has 2 aromatic heterocycles. The van der Waals surface area contributed by atoms with Gasteiger partial charge in [-0.2, -0.15) is 5.26 Å². The van der Waals surface area contributed by atoms with Gasteiger partial charge in [-0.3, -0.25) is 4.98 Å². The number of ether oxygens (including phenoxy) is 2. The highest BCUT2D eigenvalue weighted by atomic mass is 79.9. The summed E-state index contributed by atoms with van der Waals surface area (Å²) in [5, 5.41) is 9.39. The Morgan fingerprint density at radius 3 is 2.75 bits per heavy atom. The van der Waals surface area contributed by atoms with Crippen molar-refractivity contribution in [2.24, 2.45) is 0 Å². The molecule has 0 aliphatic heterocycles. The molecular weight excluding hydrogens is 398 g/mol. The maximum absolute atomic E-state index is 12.1. The summed E-state index contributed by atoms with van der Waals surface area (Å²) in [5.41, 5.74) is 6.35. The predicted molar refractivity (Wildman–Crippen MR) is 90.5 cm³/mol. The highest BCUT2D eigenvalue weighted by Crippen LogP contribution is 2.32. The van der Waals surface area contributed by atoms with Crippen molar-refractivity contribution in [3.05, 3.63) is 44.5 Å². The van der Waals surface area contributed by atoms with Crippen molar-refractivity contribution in [3.63, 3.8) is 0 Å². The third-order valence-electron chi connectivity index (χ3n) is 2.90. The molecule has 0 saturated carbocycles. The van der Waals surface area contributed by atoms with Crippen LogP contribution in [-0.2, 0) is 16.1 Å². The van der Waals surface area contributed by atoms with Gasteiger partial charge in [0, 0.05) is 22.4 Å². The van der Waals surface area contributed by atoms with Crippen molar-refractivity contribution >= 4 is 44.2 Å². The van der Waals surface area contributed by atoms with Crippen LogP contribution in [0.3, 0.4) is 0 Å². The maximum Gasteiger partial charge on any atom is 0.348 e. The quantitative estimate of drug-likeness (QED) is 0.754. The number of hydrogen-bond acceptors (Lipinski definition) is 8. The minimum Gasteiger partial charge on any atom is -0.462 e. The zero-order valence-electron chi connectivity index (χ0n) is 12.5. The number of aromatic nitrogens is 1. The summed E-state index contributed by atoms with van der Waals surface area (Å²) in [6.07, 6.45) is 2.88. The molecule has 24 heavy (non-hydrogen) atoms. The number of thiophene rings is 1. The fourth-order valence-electron chi connectivity index (χ4n) is 1.85. The summed E-state index contributed by atoms with van der Waals surface area (Å²) < 4.78 is 10.8. The molecule has 0 unspecified atom stereocenters. The Bertz CT molecular complexity index is 829. The lowest BCUT2D eigenvalue weighted by molar-refractivity contribution is 0.0452. The van der Waals surface area contributed by atoms with E-state index in [2.05, 4.69) is 20.9 Å². The van der Waals surface area contributed by atoms with E-state index in [1.807, 2.05) is 6.07 Å². The number of rotatable bonds is 5. The summed E-state index contributed by atoms with van der Waals surface area (Å²) in [6, 6.07) is 3.47. The van der Waals surface area contributed by atoms with Crippen molar-refractivity contribution in [3.8, 4) is 6.07 Å². The standard InChI is InChI=1S/C15H12BrN3O4S/c1-2-22-15(21)12-11(10(4-17)13(18)24-12)7-23-14(20)8-3-9(16)6-19-5-8/h3,5-6H,2,7,18H2,1H3. The summed E-state index contributed by atoms with van der Waals surface area (Å²) in [4.78, 5) is 28.1. The van der Waals surface area contributed by atoms with E-state index in [4.69, 9.17) is 15.2 Å². The van der Waals surface area contributed by atoms with Crippen LogP contribution in [0, 0.1) is 11.3 Å². The van der Waals surface area contributed by atoms with Gasteiger partial charge >= 0.3 is 11.9 Å². The molecule has 0 fully saturated rings. The Balaban J connectivity index is 2.24. The maximum atomic E-state index is 12.1. The van der Waals surface area contributed by atoms with Crippen LogP contribution in [0.25, 0.3) is 0 Å². The molecule has 0 radical (unpaired) electrons. The van der Waals surface area contributed by atoms with Crippen LogP contribution < -0.4 is 5.73 Å². The second kappa shape index (κ2) is 7.90. The lowest BCUT2D eigenvalue weighted by atomic mass is 10.1. The fraction of sp³-hybridized carbons (Fsp3) is 0.200. The van der Waals surface area contributed by atoms with Gasteiger partial charge in [-0.05, 0) is 28.9 Å². The van der Waals surface area contributed by atoms with Gasteiger partial charge in [0.25, 0.3) is 0 Å². The van der Waals surface area contributed by atoms with E-state index in [1.165, 1.54) is 12.4 Å². The molecule has 9 heteroatoms. The number of nitrogen functional groups attached to an aromatic ring is 1. The SMILES string of the molecule is CCOC(=O)c1sc(N)c(C#N)c1COC(=O)c1cncc(Br)c1. The first-order chi connectivity index (χ1) is 11.5. The molecule has 0 aliphatic carbocycles. The molecule has 2 aromatic rings. The molecule has 0 amide bonds. The molecule has 0 bridgehead atoms. The van der Waals surface area contributed by atoms with Crippen LogP contribution in [-0.4, -0.2) is 23.5 Å². The molecule has 2 heterocycles. The fourth-order valence-corrected chi connectivity index (χ4v) is 3.13. The van der Waals surface area contributed by atoms with Gasteiger partial charge in [0.2, 0.25) is 0 Å². The topological polar surface area (TPSA) is 115 Å². The molecule has 124 valence electrons. The minimum absolute atomic E-state index is 0.114. The van der Waals surface area contributed by atoms with Crippen LogP contribution in [0.15, 0.2) is 22.9 Å². The number of anilines is 1. The number of esters is 2. The Hall–Kier alpha value is -2.44. The molecule has 0 spiro atoms. The van der Waals surface area contributed by atoms with Crippen molar-refractivity contribution in [2.45, 2.75) is 13.5 Å². The number of halogens is 1. The Morgan fingerprint density at radius 1 is 1.38 bits per heavy atom. The molecule has 0 aromatic carbocycles. The number of carbonyl (C=O) groups excluding carboxylic acids is 2. The van der Waals surface area contributed by atoms with Crippen LogP contribution in [0.2, 0.25) is 0 Å². The molecule has 0 atom stereocenters. The molecule has 2 rings (SSSR count). The molecule has 2 N–H and O–H groups in total. The molecule has 7 nitrogen and oxygen atoms in total. The summed E-state index contributed by atoms with van der Waals surface area (Å²) in [7, 11) is 0. The zero-order chi connectivity index (χ0) is 17.7. The Labute approximate surface area is 150 Å². The van der Waals surface area contributed by atoms with Crippen molar-refractivity contribution < 1.29 is 19.1 Å². The van der Waals surface area contributed by atoms with Crippen LogP contribution >= 0.6 is 27.3 Å². The van der Waals surface area contributed by atoms with E-state index >= 15 is 0 Å². The third-order valence-corrected chi connectivity index (χ3v) is 4.37. The average molecular weight is 410 g/mol. The van der Waals surface area contributed by atoms with Gasteiger partial charge in [0.05, 0.1) is 17.7 Å². The van der Waals surface area contributed by atoms with Gasteiger partial charge in [-0.25, -0.2) is 9.59 Å². The first-order valence-corrected chi connectivity index (χ1v) is 8.34. The lowest BCUT2D eigenvalue weighted by Crippen LogP contribution is -2.10. The highest BCUT2D eigenvalue weighted by molar-refractivity contribution is 9.10. The van der Waals surface area contributed by atoms with E-state index in [-0.39, 0.29) is 39.8 Å².